The Hall–Kier alpha value is -2.67. The van der Waals surface area contributed by atoms with Crippen molar-refractivity contribution in [3.63, 3.8) is 0 Å². The molecule has 4 rings (SSSR count). The van der Waals surface area contributed by atoms with E-state index in [0.29, 0.717) is 0 Å². The van der Waals surface area contributed by atoms with Crippen LogP contribution in [0.5, 0.6) is 0 Å². The molecule has 1 nitrogen and oxygen atoms in total. The summed E-state index contributed by atoms with van der Waals surface area (Å²) in [5.41, 5.74) is 10.2. The van der Waals surface area contributed by atoms with Crippen LogP contribution in [0.4, 0.5) is 0 Å². The van der Waals surface area contributed by atoms with E-state index in [1.807, 2.05) is 12.3 Å². The summed E-state index contributed by atoms with van der Waals surface area (Å²) in [7, 11) is 0. The summed E-state index contributed by atoms with van der Waals surface area (Å²) in [6.45, 7) is 5.94. The largest absolute Gasteiger partial charge is 0.256 e. The third kappa shape index (κ3) is 2.39. The third-order valence-corrected chi connectivity index (χ3v) is 4.74. The Morgan fingerprint density at radius 2 is 1.74 bits per heavy atom. The smallest absolute Gasteiger partial charge is 0.0705 e. The first-order chi connectivity index (χ1) is 11.3. The molecule has 0 radical (unpaired) electrons. The normalized spacial score (nSPS) is 12.4. The predicted molar refractivity (Wildman–Crippen MR) is 97.3 cm³/mol. The molecule has 1 aliphatic carbocycles. The van der Waals surface area contributed by atoms with E-state index in [9.17, 15) is 0 Å². The Kier molecular flexibility index (Phi) is 3.34. The second-order valence-electron chi connectivity index (χ2n) is 6.16. The fourth-order valence-electron chi connectivity index (χ4n) is 3.43. The van der Waals surface area contributed by atoms with Crippen molar-refractivity contribution in [2.75, 3.05) is 0 Å². The maximum Gasteiger partial charge on any atom is 0.0705 e. The third-order valence-electron chi connectivity index (χ3n) is 4.74. The van der Waals surface area contributed by atoms with Gasteiger partial charge in [0, 0.05) is 11.8 Å². The van der Waals surface area contributed by atoms with Gasteiger partial charge in [0.1, 0.15) is 0 Å². The highest BCUT2D eigenvalue weighted by atomic mass is 14.7. The molecular formula is C22H19N. The molecule has 2 aromatic carbocycles. The number of rotatable bonds is 2. The van der Waals surface area contributed by atoms with Crippen LogP contribution in [-0.2, 0) is 12.8 Å². The van der Waals surface area contributed by atoms with Crippen molar-refractivity contribution in [2.45, 2.75) is 19.8 Å². The topological polar surface area (TPSA) is 12.9 Å². The van der Waals surface area contributed by atoms with Gasteiger partial charge in [-0.3, -0.25) is 4.98 Å². The van der Waals surface area contributed by atoms with Crippen molar-refractivity contribution in [3.8, 4) is 22.4 Å². The molecular weight excluding hydrogens is 278 g/mol. The van der Waals surface area contributed by atoms with Crippen LogP contribution in [0.15, 0.2) is 61.3 Å². The van der Waals surface area contributed by atoms with Gasteiger partial charge < -0.3 is 0 Å². The van der Waals surface area contributed by atoms with Crippen LogP contribution in [0.25, 0.3) is 28.5 Å². The lowest BCUT2D eigenvalue weighted by Crippen LogP contribution is -2.04. The molecule has 0 N–H and O–H groups in total. The number of nitrogens with zero attached hydrogens (tertiary/aromatic N) is 1. The maximum atomic E-state index is 4.60. The molecule has 0 spiro atoms. The molecule has 112 valence electrons. The molecule has 0 bridgehead atoms. The van der Waals surface area contributed by atoms with Gasteiger partial charge in [0.15, 0.2) is 0 Å². The van der Waals surface area contributed by atoms with Crippen molar-refractivity contribution >= 4 is 6.08 Å². The van der Waals surface area contributed by atoms with Gasteiger partial charge in [0.2, 0.25) is 0 Å². The first kappa shape index (κ1) is 14.0. The van der Waals surface area contributed by atoms with Gasteiger partial charge in [-0.25, -0.2) is 0 Å². The van der Waals surface area contributed by atoms with Gasteiger partial charge in [0.05, 0.1) is 5.69 Å². The highest BCUT2D eigenvalue weighted by Gasteiger charge is 2.16. The molecule has 0 saturated carbocycles. The van der Waals surface area contributed by atoms with E-state index in [-0.39, 0.29) is 0 Å². The zero-order valence-electron chi connectivity index (χ0n) is 13.3. The van der Waals surface area contributed by atoms with Crippen LogP contribution >= 0.6 is 0 Å². The molecule has 0 saturated heterocycles. The zero-order chi connectivity index (χ0) is 15.8. The predicted octanol–water partition coefficient (Wildman–Crippen LogP) is 5.47. The molecule has 23 heavy (non-hydrogen) atoms. The van der Waals surface area contributed by atoms with Crippen LogP contribution in [0, 0.1) is 6.92 Å². The average molecular weight is 297 g/mol. The highest BCUT2D eigenvalue weighted by Crippen LogP contribution is 2.35. The van der Waals surface area contributed by atoms with E-state index in [0.717, 1.165) is 24.1 Å². The number of hydrogen-bond donors (Lipinski definition) is 0. The van der Waals surface area contributed by atoms with Crippen LogP contribution in [0.3, 0.4) is 0 Å². The molecule has 1 heterocycles. The fourth-order valence-corrected chi connectivity index (χ4v) is 3.43. The van der Waals surface area contributed by atoms with Crippen LogP contribution in [-0.4, -0.2) is 4.98 Å². The second-order valence-corrected chi connectivity index (χ2v) is 6.16. The van der Waals surface area contributed by atoms with Crippen molar-refractivity contribution in [3.05, 3.63) is 83.6 Å². The van der Waals surface area contributed by atoms with Gasteiger partial charge in [0.25, 0.3) is 0 Å². The summed E-state index contributed by atoms with van der Waals surface area (Å²) in [5, 5.41) is 0. The number of hydrogen-bond acceptors (Lipinski definition) is 1. The van der Waals surface area contributed by atoms with E-state index in [1.165, 1.54) is 33.4 Å². The van der Waals surface area contributed by atoms with Gasteiger partial charge in [-0.1, -0.05) is 49.1 Å². The van der Waals surface area contributed by atoms with E-state index < -0.39 is 0 Å². The van der Waals surface area contributed by atoms with Gasteiger partial charge in [-0.2, -0.15) is 0 Å². The first-order valence-corrected chi connectivity index (χ1v) is 8.07. The van der Waals surface area contributed by atoms with Crippen LogP contribution < -0.4 is 0 Å². The summed E-state index contributed by atoms with van der Waals surface area (Å²) in [4.78, 5) is 4.60. The number of aromatic nitrogens is 1. The number of pyridine rings is 1. The lowest BCUT2D eigenvalue weighted by atomic mass is 9.84. The monoisotopic (exact) mass is 297 g/mol. The molecule has 0 amide bonds. The van der Waals surface area contributed by atoms with E-state index in [1.54, 1.807) is 0 Å². The van der Waals surface area contributed by atoms with Crippen molar-refractivity contribution < 1.29 is 0 Å². The SMILES string of the molecule is C=Cc1cnc(-c2ccc3c(c2)CCc2ccccc2-3)cc1C. The van der Waals surface area contributed by atoms with E-state index in [2.05, 4.69) is 67.0 Å². The van der Waals surface area contributed by atoms with E-state index >= 15 is 0 Å². The Morgan fingerprint density at radius 1 is 0.957 bits per heavy atom. The lowest BCUT2D eigenvalue weighted by Gasteiger charge is -2.20. The van der Waals surface area contributed by atoms with Gasteiger partial charge in [-0.15, -0.1) is 0 Å². The minimum absolute atomic E-state index is 1.04. The Bertz CT molecular complexity index is 906. The van der Waals surface area contributed by atoms with Crippen LogP contribution in [0.1, 0.15) is 22.3 Å². The maximum absolute atomic E-state index is 4.60. The van der Waals surface area contributed by atoms with Crippen LogP contribution in [0.2, 0.25) is 0 Å². The number of benzene rings is 2. The Labute approximate surface area is 137 Å². The second kappa shape index (κ2) is 5.51. The molecule has 3 aromatic rings. The molecule has 0 aliphatic heterocycles. The van der Waals surface area contributed by atoms with Crippen molar-refractivity contribution in [1.82, 2.24) is 4.98 Å². The van der Waals surface area contributed by atoms with Crippen molar-refractivity contribution in [1.29, 1.82) is 0 Å². The molecule has 0 fully saturated rings. The minimum Gasteiger partial charge on any atom is -0.256 e. The Morgan fingerprint density at radius 3 is 2.57 bits per heavy atom. The standard InChI is InChI=1S/C22H19N/c1-3-16-14-23-22(12-15(16)2)19-10-11-21-18(13-19)9-8-17-6-4-5-7-20(17)21/h3-7,10-14H,1,8-9H2,2H3. The first-order valence-electron chi connectivity index (χ1n) is 8.07. The fraction of sp³-hybridized carbons (Fsp3) is 0.136. The summed E-state index contributed by atoms with van der Waals surface area (Å²) in [6, 6.07) is 17.6. The average Bonchev–Trinajstić information content (AvgIpc) is 2.61. The molecule has 1 aromatic heterocycles. The summed E-state index contributed by atoms with van der Waals surface area (Å²) in [5.74, 6) is 0. The summed E-state index contributed by atoms with van der Waals surface area (Å²) >= 11 is 0. The number of aryl methyl sites for hydroxylation is 3. The minimum atomic E-state index is 1.04. The van der Waals surface area contributed by atoms with E-state index in [4.69, 9.17) is 0 Å². The molecule has 0 atom stereocenters. The lowest BCUT2D eigenvalue weighted by molar-refractivity contribution is 0.942. The molecule has 0 unspecified atom stereocenters. The highest BCUT2D eigenvalue weighted by molar-refractivity contribution is 5.76. The van der Waals surface area contributed by atoms with Gasteiger partial charge >= 0.3 is 0 Å². The number of fused-ring (bicyclic) bond motifs is 3. The van der Waals surface area contributed by atoms with Crippen molar-refractivity contribution in [2.24, 2.45) is 0 Å². The zero-order valence-corrected chi connectivity index (χ0v) is 13.3. The molecule has 1 aliphatic rings. The Balaban J connectivity index is 1.80. The van der Waals surface area contributed by atoms with Gasteiger partial charge in [-0.05, 0) is 65.3 Å². The molecule has 1 heteroatoms. The summed E-state index contributed by atoms with van der Waals surface area (Å²) < 4.78 is 0. The summed E-state index contributed by atoms with van der Waals surface area (Å²) in [6.07, 6.45) is 5.99. The quantitative estimate of drug-likeness (QED) is 0.611.